The quantitative estimate of drug-likeness (QED) is 0.587. The average Bonchev–Trinajstić information content (AvgIpc) is 2.60. The first-order chi connectivity index (χ1) is 11.6. The molecule has 0 unspecified atom stereocenters. The Kier molecular flexibility index (Phi) is 6.51. The van der Waals surface area contributed by atoms with Gasteiger partial charge in [-0.15, -0.1) is 0 Å². The zero-order valence-electron chi connectivity index (χ0n) is 13.0. The van der Waals surface area contributed by atoms with Crippen LogP contribution in [0.25, 0.3) is 0 Å². The number of methoxy groups -OCH3 is 1. The van der Waals surface area contributed by atoms with Gasteiger partial charge in [0.1, 0.15) is 5.75 Å². The minimum Gasteiger partial charge on any atom is -0.497 e. The minimum atomic E-state index is -0.417. The molecule has 2 aromatic carbocycles. The summed E-state index contributed by atoms with van der Waals surface area (Å²) in [6.07, 6.45) is 1.51. The van der Waals surface area contributed by atoms with E-state index in [1.807, 2.05) is 12.1 Å². The van der Waals surface area contributed by atoms with Gasteiger partial charge >= 0.3 is 0 Å². The lowest BCUT2D eigenvalue weighted by molar-refractivity contribution is -0.120. The number of nitrogens with zero attached hydrogens (tertiary/aromatic N) is 1. The predicted octanol–water partition coefficient (Wildman–Crippen LogP) is 2.34. The summed E-state index contributed by atoms with van der Waals surface area (Å²) < 4.78 is 5.72. The summed E-state index contributed by atoms with van der Waals surface area (Å²) in [6.45, 7) is -0.167. The second-order valence-corrected chi connectivity index (χ2v) is 5.58. The van der Waals surface area contributed by atoms with E-state index in [1.165, 1.54) is 6.21 Å². The largest absolute Gasteiger partial charge is 0.497 e. The topological polar surface area (TPSA) is 79.8 Å². The van der Waals surface area contributed by atoms with Gasteiger partial charge in [-0.05, 0) is 57.9 Å². The Bertz CT molecular complexity index is 745. The van der Waals surface area contributed by atoms with Crippen LogP contribution in [0.3, 0.4) is 0 Å². The highest BCUT2D eigenvalue weighted by Crippen LogP contribution is 2.15. The Morgan fingerprint density at radius 2 is 1.88 bits per heavy atom. The van der Waals surface area contributed by atoms with Crippen LogP contribution in [-0.2, 0) is 4.79 Å². The summed E-state index contributed by atoms with van der Waals surface area (Å²) >= 11 is 3.29. The summed E-state index contributed by atoms with van der Waals surface area (Å²) in [5.74, 6) is -0.0112. The van der Waals surface area contributed by atoms with E-state index in [-0.39, 0.29) is 12.5 Å². The number of hydrazone groups is 1. The fourth-order valence-electron chi connectivity index (χ4n) is 1.81. The van der Waals surface area contributed by atoms with E-state index in [0.29, 0.717) is 10.0 Å². The molecule has 2 amide bonds. The van der Waals surface area contributed by atoms with Crippen LogP contribution in [0, 0.1) is 0 Å². The van der Waals surface area contributed by atoms with E-state index in [9.17, 15) is 9.59 Å². The summed E-state index contributed by atoms with van der Waals surface area (Å²) in [5.41, 5.74) is 3.63. The molecule has 0 aliphatic heterocycles. The number of amides is 2. The van der Waals surface area contributed by atoms with E-state index >= 15 is 0 Å². The maximum absolute atomic E-state index is 12.0. The molecule has 0 saturated heterocycles. The average molecular weight is 390 g/mol. The van der Waals surface area contributed by atoms with Gasteiger partial charge in [-0.3, -0.25) is 9.59 Å². The van der Waals surface area contributed by atoms with Crippen LogP contribution in [0.15, 0.2) is 58.1 Å². The molecule has 0 saturated carbocycles. The van der Waals surface area contributed by atoms with Crippen LogP contribution in [0.4, 0.5) is 0 Å². The lowest BCUT2D eigenvalue weighted by Gasteiger charge is -2.05. The van der Waals surface area contributed by atoms with Crippen molar-refractivity contribution in [1.82, 2.24) is 10.7 Å². The van der Waals surface area contributed by atoms with E-state index in [1.54, 1.807) is 43.5 Å². The van der Waals surface area contributed by atoms with E-state index < -0.39 is 5.91 Å². The van der Waals surface area contributed by atoms with Crippen LogP contribution in [0.1, 0.15) is 15.9 Å². The fourth-order valence-corrected chi connectivity index (χ4v) is 2.27. The molecule has 0 atom stereocenters. The number of ether oxygens (including phenoxy) is 1. The molecule has 2 N–H and O–H groups in total. The summed E-state index contributed by atoms with van der Waals surface area (Å²) in [7, 11) is 1.59. The second kappa shape index (κ2) is 8.83. The highest BCUT2D eigenvalue weighted by atomic mass is 79.9. The van der Waals surface area contributed by atoms with Gasteiger partial charge in [0.25, 0.3) is 11.8 Å². The van der Waals surface area contributed by atoms with Crippen LogP contribution < -0.4 is 15.5 Å². The Labute approximate surface area is 148 Å². The predicted molar refractivity (Wildman–Crippen MR) is 95.2 cm³/mol. The fraction of sp³-hybridized carbons (Fsp3) is 0.118. The summed E-state index contributed by atoms with van der Waals surface area (Å²) in [5, 5.41) is 6.37. The molecule has 2 rings (SSSR count). The monoisotopic (exact) mass is 389 g/mol. The molecule has 0 aliphatic carbocycles. The molecule has 24 heavy (non-hydrogen) atoms. The zero-order valence-corrected chi connectivity index (χ0v) is 14.5. The van der Waals surface area contributed by atoms with Crippen molar-refractivity contribution in [1.29, 1.82) is 0 Å². The lowest BCUT2D eigenvalue weighted by atomic mass is 10.2. The standard InChI is InChI=1S/C17H16BrN3O3/c1-24-13-8-6-12(7-9-13)10-20-21-16(22)11-19-17(23)14-4-2-3-5-15(14)18/h2-10H,11H2,1H3,(H,19,23)(H,21,22). The Balaban J connectivity index is 1.79. The van der Waals surface area contributed by atoms with Gasteiger partial charge in [-0.25, -0.2) is 5.43 Å². The van der Waals surface area contributed by atoms with Gasteiger partial charge in [-0.2, -0.15) is 5.10 Å². The van der Waals surface area contributed by atoms with Crippen LogP contribution in [0.2, 0.25) is 0 Å². The SMILES string of the molecule is COc1ccc(C=NNC(=O)CNC(=O)c2ccccc2Br)cc1. The van der Waals surface area contributed by atoms with Crippen molar-refractivity contribution < 1.29 is 14.3 Å². The van der Waals surface area contributed by atoms with Crippen molar-refractivity contribution in [3.05, 3.63) is 64.1 Å². The highest BCUT2D eigenvalue weighted by molar-refractivity contribution is 9.10. The Hall–Kier alpha value is -2.67. The number of rotatable bonds is 6. The number of carbonyl (C=O) groups is 2. The van der Waals surface area contributed by atoms with Crippen molar-refractivity contribution in [2.45, 2.75) is 0 Å². The third-order valence-corrected chi connectivity index (χ3v) is 3.74. The van der Waals surface area contributed by atoms with Crippen molar-refractivity contribution >= 4 is 34.0 Å². The second-order valence-electron chi connectivity index (χ2n) is 4.73. The van der Waals surface area contributed by atoms with E-state index in [4.69, 9.17) is 4.74 Å². The molecule has 0 heterocycles. The molecular weight excluding hydrogens is 374 g/mol. The number of halogens is 1. The number of carbonyl (C=O) groups excluding carboxylic acids is 2. The number of hydrogen-bond donors (Lipinski definition) is 2. The van der Waals surface area contributed by atoms with Crippen molar-refractivity contribution in [2.75, 3.05) is 13.7 Å². The molecule has 0 spiro atoms. The van der Waals surface area contributed by atoms with E-state index in [0.717, 1.165) is 11.3 Å². The Morgan fingerprint density at radius 3 is 2.54 bits per heavy atom. The molecule has 0 fully saturated rings. The summed E-state index contributed by atoms with van der Waals surface area (Å²) in [4.78, 5) is 23.6. The van der Waals surface area contributed by atoms with Crippen molar-refractivity contribution in [2.24, 2.45) is 5.10 Å². The van der Waals surface area contributed by atoms with E-state index in [2.05, 4.69) is 31.8 Å². The van der Waals surface area contributed by atoms with Crippen LogP contribution in [0.5, 0.6) is 5.75 Å². The van der Waals surface area contributed by atoms with Gasteiger partial charge in [0, 0.05) is 4.47 Å². The maximum atomic E-state index is 12.0. The van der Waals surface area contributed by atoms with Crippen molar-refractivity contribution in [3.63, 3.8) is 0 Å². The molecule has 124 valence electrons. The van der Waals surface area contributed by atoms with Gasteiger partial charge in [0.2, 0.25) is 0 Å². The van der Waals surface area contributed by atoms with Gasteiger partial charge in [0.05, 0.1) is 25.4 Å². The number of hydrogen-bond acceptors (Lipinski definition) is 4. The normalized spacial score (nSPS) is 10.4. The number of benzene rings is 2. The molecule has 0 aromatic heterocycles. The molecule has 0 bridgehead atoms. The first-order valence-corrected chi connectivity index (χ1v) is 7.88. The van der Waals surface area contributed by atoms with Gasteiger partial charge in [0.15, 0.2) is 0 Å². The van der Waals surface area contributed by atoms with Gasteiger partial charge in [-0.1, -0.05) is 12.1 Å². The molecular formula is C17H16BrN3O3. The smallest absolute Gasteiger partial charge is 0.259 e. The minimum absolute atomic E-state index is 0.167. The first-order valence-electron chi connectivity index (χ1n) is 7.09. The lowest BCUT2D eigenvalue weighted by Crippen LogP contribution is -2.35. The molecule has 0 aliphatic rings. The third-order valence-electron chi connectivity index (χ3n) is 3.05. The number of nitrogens with one attached hydrogen (secondary N) is 2. The van der Waals surface area contributed by atoms with Crippen LogP contribution in [-0.4, -0.2) is 31.7 Å². The molecule has 2 aromatic rings. The van der Waals surface area contributed by atoms with Crippen molar-refractivity contribution in [3.8, 4) is 5.75 Å². The molecule has 0 radical (unpaired) electrons. The first kappa shape index (κ1) is 17.7. The third kappa shape index (κ3) is 5.20. The highest BCUT2D eigenvalue weighted by Gasteiger charge is 2.10. The molecule has 7 heteroatoms. The van der Waals surface area contributed by atoms with Crippen LogP contribution >= 0.6 is 15.9 Å². The maximum Gasteiger partial charge on any atom is 0.259 e. The zero-order chi connectivity index (χ0) is 17.4. The Morgan fingerprint density at radius 1 is 1.17 bits per heavy atom. The molecule has 6 nitrogen and oxygen atoms in total. The van der Waals surface area contributed by atoms with Gasteiger partial charge < -0.3 is 10.1 Å². The summed E-state index contributed by atoms with van der Waals surface area (Å²) in [6, 6.07) is 14.2.